The average Bonchev–Trinajstić information content (AvgIpc) is 3.26. The number of ether oxygens (including phenoxy) is 1. The van der Waals surface area contributed by atoms with Crippen molar-refractivity contribution in [3.63, 3.8) is 0 Å². The molecule has 2 aromatic rings. The van der Waals surface area contributed by atoms with Crippen molar-refractivity contribution in [2.45, 2.75) is 32.2 Å². The van der Waals surface area contributed by atoms with E-state index in [9.17, 15) is 4.79 Å². The molecule has 152 valence electrons. The van der Waals surface area contributed by atoms with Crippen LogP contribution in [0.1, 0.15) is 31.2 Å². The third-order valence-electron chi connectivity index (χ3n) is 5.63. The number of allylic oxidation sites excluding steroid dienone is 2. The van der Waals surface area contributed by atoms with E-state index in [-0.39, 0.29) is 17.7 Å². The Labute approximate surface area is 175 Å². The Morgan fingerprint density at radius 1 is 1.17 bits per heavy atom. The van der Waals surface area contributed by atoms with Gasteiger partial charge in [0.2, 0.25) is 5.91 Å². The van der Waals surface area contributed by atoms with Crippen molar-refractivity contribution in [3.8, 4) is 5.75 Å². The van der Waals surface area contributed by atoms with E-state index in [4.69, 9.17) is 21.4 Å². The minimum atomic E-state index is -0.0537. The van der Waals surface area contributed by atoms with Crippen molar-refractivity contribution in [1.29, 1.82) is 0 Å². The fourth-order valence-electron chi connectivity index (χ4n) is 4.07. The van der Waals surface area contributed by atoms with Crippen LogP contribution in [0.15, 0.2) is 54.2 Å². The highest BCUT2D eigenvalue weighted by Crippen LogP contribution is 2.36. The second-order valence-electron chi connectivity index (χ2n) is 7.46. The van der Waals surface area contributed by atoms with Crippen LogP contribution < -0.4 is 4.74 Å². The first-order valence-corrected chi connectivity index (χ1v) is 10.4. The number of imidazole rings is 1. The zero-order chi connectivity index (χ0) is 20.2. The monoisotopic (exact) mass is 412 g/mol. The number of hydrogen-bond donors (Lipinski definition) is 0. The predicted octanol–water partition coefficient (Wildman–Crippen LogP) is 4.15. The highest BCUT2D eigenvalue weighted by Gasteiger charge is 2.39. The van der Waals surface area contributed by atoms with Gasteiger partial charge in [0.05, 0.1) is 30.1 Å². The second kappa shape index (κ2) is 8.82. The number of benzene rings is 1. The molecule has 0 bridgehead atoms. The molecule has 1 aliphatic heterocycles. The van der Waals surface area contributed by atoms with Crippen LogP contribution in [0, 0.1) is 11.8 Å². The minimum absolute atomic E-state index is 0.0537. The van der Waals surface area contributed by atoms with E-state index < -0.39 is 0 Å². The fourth-order valence-corrected chi connectivity index (χ4v) is 4.32. The molecular formula is C22H25ClN4O2. The molecule has 29 heavy (non-hydrogen) atoms. The summed E-state index contributed by atoms with van der Waals surface area (Å²) in [7, 11) is 1.60. The quantitative estimate of drug-likeness (QED) is 0.507. The highest BCUT2D eigenvalue weighted by atomic mass is 35.5. The summed E-state index contributed by atoms with van der Waals surface area (Å²) in [6, 6.07) is 5.73. The molecule has 0 N–H and O–H groups in total. The first-order valence-electron chi connectivity index (χ1n) is 10.0. The van der Waals surface area contributed by atoms with Gasteiger partial charge in [-0.05, 0) is 49.4 Å². The van der Waals surface area contributed by atoms with Gasteiger partial charge in [-0.2, -0.15) is 5.10 Å². The molecule has 2 unspecified atom stereocenters. The number of halogens is 1. The van der Waals surface area contributed by atoms with Crippen LogP contribution in [-0.4, -0.2) is 39.8 Å². The molecule has 1 aliphatic carbocycles. The van der Waals surface area contributed by atoms with Crippen LogP contribution in [0.3, 0.4) is 0 Å². The summed E-state index contributed by atoms with van der Waals surface area (Å²) in [5.74, 6) is 0.811. The number of aromatic nitrogens is 2. The molecule has 2 aliphatic rings. The van der Waals surface area contributed by atoms with Gasteiger partial charge in [-0.15, -0.1) is 0 Å². The third-order valence-corrected chi connectivity index (χ3v) is 5.92. The summed E-state index contributed by atoms with van der Waals surface area (Å²) in [5, 5.41) is 7.02. The van der Waals surface area contributed by atoms with Crippen LogP contribution in [0.4, 0.5) is 0 Å². The molecule has 0 saturated carbocycles. The summed E-state index contributed by atoms with van der Waals surface area (Å²) in [6.45, 7) is 1.51. The first kappa shape index (κ1) is 19.7. The van der Waals surface area contributed by atoms with Gasteiger partial charge < -0.3 is 9.30 Å². The van der Waals surface area contributed by atoms with Crippen molar-refractivity contribution in [2.24, 2.45) is 16.9 Å². The third kappa shape index (κ3) is 4.22. The van der Waals surface area contributed by atoms with E-state index in [1.54, 1.807) is 18.3 Å². The van der Waals surface area contributed by atoms with E-state index in [1.807, 2.05) is 35.3 Å². The van der Waals surface area contributed by atoms with Crippen LogP contribution in [0.2, 0.25) is 5.02 Å². The van der Waals surface area contributed by atoms with Crippen molar-refractivity contribution < 1.29 is 9.53 Å². The summed E-state index contributed by atoms with van der Waals surface area (Å²) >= 11 is 6.36. The zero-order valence-electron chi connectivity index (χ0n) is 16.5. The SMILES string of the molecule is COc1ccc(C2=NN(CCCCn3ccnc3)C(=O)C3CC=CCC23)cc1Cl. The molecule has 0 saturated heterocycles. The fraction of sp³-hybridized carbons (Fsp3) is 0.409. The van der Waals surface area contributed by atoms with Crippen molar-refractivity contribution >= 4 is 23.2 Å². The number of amides is 1. The Bertz CT molecular complexity index is 923. The Morgan fingerprint density at radius 3 is 2.69 bits per heavy atom. The molecule has 2 heterocycles. The van der Waals surface area contributed by atoms with Crippen LogP contribution in [0.25, 0.3) is 0 Å². The standard InChI is InChI=1S/C22H25ClN4O2/c1-29-20-9-8-16(14-19(20)23)21-17-6-2-3-7-18(17)22(28)27(25-21)12-5-4-11-26-13-10-24-15-26/h2-3,8-10,13-15,17-18H,4-7,11-12H2,1H3. The largest absolute Gasteiger partial charge is 0.495 e. The van der Waals surface area contributed by atoms with E-state index >= 15 is 0 Å². The Morgan fingerprint density at radius 2 is 1.97 bits per heavy atom. The van der Waals surface area contributed by atoms with Gasteiger partial charge in [-0.3, -0.25) is 4.79 Å². The molecule has 6 nitrogen and oxygen atoms in total. The summed E-state index contributed by atoms with van der Waals surface area (Å²) in [5.41, 5.74) is 1.90. The van der Waals surface area contributed by atoms with E-state index in [0.29, 0.717) is 17.3 Å². The number of aryl methyl sites for hydroxylation is 1. The molecule has 0 fully saturated rings. The summed E-state index contributed by atoms with van der Waals surface area (Å²) < 4.78 is 7.32. The molecule has 1 aromatic heterocycles. The van der Waals surface area contributed by atoms with Crippen molar-refractivity contribution in [2.75, 3.05) is 13.7 Å². The maximum absolute atomic E-state index is 13.1. The van der Waals surface area contributed by atoms with Gasteiger partial charge in [0.25, 0.3) is 0 Å². The van der Waals surface area contributed by atoms with Gasteiger partial charge in [0, 0.05) is 31.4 Å². The molecule has 7 heteroatoms. The number of hydrogen-bond acceptors (Lipinski definition) is 4. The van der Waals surface area contributed by atoms with Crippen molar-refractivity contribution in [1.82, 2.24) is 14.6 Å². The minimum Gasteiger partial charge on any atom is -0.495 e. The van der Waals surface area contributed by atoms with E-state index in [0.717, 1.165) is 43.5 Å². The summed E-state index contributed by atoms with van der Waals surface area (Å²) in [4.78, 5) is 17.1. The zero-order valence-corrected chi connectivity index (χ0v) is 17.3. The average molecular weight is 413 g/mol. The lowest BCUT2D eigenvalue weighted by Crippen LogP contribution is -2.45. The molecule has 1 aromatic carbocycles. The molecular weight excluding hydrogens is 388 g/mol. The Hall–Kier alpha value is -2.60. The number of hydrazone groups is 1. The van der Waals surface area contributed by atoms with Gasteiger partial charge in [-0.1, -0.05) is 23.8 Å². The second-order valence-corrected chi connectivity index (χ2v) is 7.87. The van der Waals surface area contributed by atoms with Crippen LogP contribution in [0.5, 0.6) is 5.75 Å². The number of fused-ring (bicyclic) bond motifs is 1. The Balaban J connectivity index is 1.53. The number of rotatable bonds is 7. The molecule has 4 rings (SSSR count). The maximum Gasteiger partial charge on any atom is 0.246 e. The van der Waals surface area contributed by atoms with Crippen molar-refractivity contribution in [3.05, 3.63) is 59.7 Å². The van der Waals surface area contributed by atoms with E-state index in [2.05, 4.69) is 17.1 Å². The van der Waals surface area contributed by atoms with E-state index in [1.165, 1.54) is 0 Å². The number of carbonyl (C=O) groups excluding carboxylic acids is 1. The number of nitrogens with zero attached hydrogens (tertiary/aromatic N) is 4. The summed E-state index contributed by atoms with van der Waals surface area (Å²) in [6.07, 6.45) is 13.2. The smallest absolute Gasteiger partial charge is 0.246 e. The highest BCUT2D eigenvalue weighted by molar-refractivity contribution is 6.32. The number of methoxy groups -OCH3 is 1. The maximum atomic E-state index is 13.1. The lowest BCUT2D eigenvalue weighted by Gasteiger charge is -2.37. The first-order chi connectivity index (χ1) is 14.2. The van der Waals surface area contributed by atoms with Gasteiger partial charge in [0.1, 0.15) is 5.75 Å². The topological polar surface area (TPSA) is 59.7 Å². The number of unbranched alkanes of at least 4 members (excludes halogenated alkanes) is 1. The predicted molar refractivity (Wildman–Crippen MR) is 113 cm³/mol. The van der Waals surface area contributed by atoms with Gasteiger partial charge in [0.15, 0.2) is 0 Å². The molecule has 2 atom stereocenters. The normalized spacial score (nSPS) is 21.1. The molecule has 0 radical (unpaired) electrons. The Kier molecular flexibility index (Phi) is 6.00. The molecule has 1 amide bonds. The lowest BCUT2D eigenvalue weighted by atomic mass is 9.76. The van der Waals surface area contributed by atoms with Crippen LogP contribution >= 0.6 is 11.6 Å². The van der Waals surface area contributed by atoms with Crippen LogP contribution in [-0.2, 0) is 11.3 Å². The number of carbonyl (C=O) groups is 1. The van der Waals surface area contributed by atoms with Gasteiger partial charge in [-0.25, -0.2) is 9.99 Å². The molecule has 0 spiro atoms. The van der Waals surface area contributed by atoms with Gasteiger partial charge >= 0.3 is 0 Å². The lowest BCUT2D eigenvalue weighted by molar-refractivity contribution is -0.137.